The quantitative estimate of drug-likeness (QED) is 0.0191. The van der Waals surface area contributed by atoms with Crippen LogP contribution in [0.1, 0.15) is 175 Å². The third-order valence-corrected chi connectivity index (χ3v) is 8.93. The number of rotatable bonds is 35. The zero-order valence-electron chi connectivity index (χ0n) is 31.8. The molecule has 0 aliphatic carbocycles. The molecule has 0 saturated heterocycles. The molecule has 292 valence electrons. The predicted molar refractivity (Wildman–Crippen MR) is 204 cm³/mol. The highest BCUT2D eigenvalue weighted by atomic mass is 31.2. The van der Waals surface area contributed by atoms with Gasteiger partial charge in [0.2, 0.25) is 0 Å². The van der Waals surface area contributed by atoms with Gasteiger partial charge in [-0.3, -0.25) is 14.1 Å². The minimum atomic E-state index is -4.80. The van der Waals surface area contributed by atoms with E-state index in [1.807, 2.05) is 12.2 Å². The molecule has 0 aliphatic rings. The van der Waals surface area contributed by atoms with E-state index < -0.39 is 38.6 Å². The largest absolute Gasteiger partial charge is 0.469 e. The topological polar surface area (TPSA) is 140 Å². The SMILES string of the molecule is CCCCCCCC/C=C/C/C=C/C=C/C(O)CCCC(=O)O[C@H](COC(=O)CCCCCCCCCCCCCC(C)C)COP(=O)(O)O. The Balaban J connectivity index is 4.15. The highest BCUT2D eigenvalue weighted by Crippen LogP contribution is 2.36. The zero-order chi connectivity index (χ0) is 37.1. The second-order valence-electron chi connectivity index (χ2n) is 13.9. The predicted octanol–water partition coefficient (Wildman–Crippen LogP) is 10.6. The Morgan fingerprint density at radius 2 is 1.24 bits per heavy atom. The third kappa shape index (κ3) is 37.5. The van der Waals surface area contributed by atoms with Gasteiger partial charge in [0.05, 0.1) is 12.7 Å². The second kappa shape index (κ2) is 34.3. The van der Waals surface area contributed by atoms with E-state index in [9.17, 15) is 19.3 Å². The van der Waals surface area contributed by atoms with Gasteiger partial charge in [0, 0.05) is 12.8 Å². The Bertz CT molecular complexity index is 941. The summed E-state index contributed by atoms with van der Waals surface area (Å²) in [5.41, 5.74) is 0. The standard InChI is InChI=1S/C40H73O9P/c1-4-5-6-7-8-9-10-11-14-17-20-23-26-30-37(41)31-28-33-40(43)49-38(35-48-50(44,45)46)34-47-39(42)32-27-24-21-18-15-12-13-16-19-22-25-29-36(2)3/h11,14,20,23,26,30,36-38,41H,4-10,12-13,15-19,21-22,24-25,27-29,31-35H2,1-3H3,(H2,44,45,46)/b14-11+,23-20+,30-26+/t37?,38-/m1/s1. The van der Waals surface area contributed by atoms with Crippen LogP contribution in [0.15, 0.2) is 36.5 Å². The number of hydrogen-bond acceptors (Lipinski definition) is 7. The number of aliphatic hydroxyl groups is 1. The number of esters is 2. The molecule has 0 spiro atoms. The van der Waals surface area contributed by atoms with E-state index in [1.54, 1.807) is 12.2 Å². The number of carbonyl (C=O) groups excluding carboxylic acids is 2. The maximum atomic E-state index is 12.4. The summed E-state index contributed by atoms with van der Waals surface area (Å²) in [6.45, 7) is 5.83. The second-order valence-corrected chi connectivity index (χ2v) is 15.2. The van der Waals surface area contributed by atoms with Crippen molar-refractivity contribution < 1.29 is 43.0 Å². The first-order valence-corrected chi connectivity index (χ1v) is 21.3. The average Bonchev–Trinajstić information content (AvgIpc) is 3.06. The van der Waals surface area contributed by atoms with E-state index in [1.165, 1.54) is 89.9 Å². The maximum Gasteiger partial charge on any atom is 0.469 e. The number of phosphoric acid groups is 1. The summed E-state index contributed by atoms with van der Waals surface area (Å²) in [5.74, 6) is -0.280. The number of allylic oxidation sites excluding steroid dienone is 5. The Kier molecular flexibility index (Phi) is 33.1. The Morgan fingerprint density at radius 1 is 0.660 bits per heavy atom. The highest BCUT2D eigenvalue weighted by Gasteiger charge is 2.23. The third-order valence-electron chi connectivity index (χ3n) is 8.44. The molecule has 10 heteroatoms. The van der Waals surface area contributed by atoms with Gasteiger partial charge < -0.3 is 24.4 Å². The Hall–Kier alpha value is -1.77. The van der Waals surface area contributed by atoms with Crippen LogP contribution in [-0.2, 0) is 28.2 Å². The fourth-order valence-corrected chi connectivity index (χ4v) is 5.81. The first kappa shape index (κ1) is 48.2. The lowest BCUT2D eigenvalue weighted by molar-refractivity contribution is -0.161. The van der Waals surface area contributed by atoms with Gasteiger partial charge in [-0.25, -0.2) is 4.57 Å². The van der Waals surface area contributed by atoms with E-state index in [0.717, 1.165) is 38.0 Å². The molecule has 0 radical (unpaired) electrons. The molecule has 0 amide bonds. The van der Waals surface area contributed by atoms with Crippen LogP contribution in [0, 0.1) is 5.92 Å². The van der Waals surface area contributed by atoms with Gasteiger partial charge >= 0.3 is 19.8 Å². The van der Waals surface area contributed by atoms with Gasteiger partial charge in [0.1, 0.15) is 6.61 Å². The van der Waals surface area contributed by atoms with Crippen LogP contribution in [0.5, 0.6) is 0 Å². The summed E-state index contributed by atoms with van der Waals surface area (Å²) in [4.78, 5) is 42.7. The van der Waals surface area contributed by atoms with E-state index in [-0.39, 0.29) is 19.4 Å². The lowest BCUT2D eigenvalue weighted by Crippen LogP contribution is -2.29. The molecule has 2 atom stereocenters. The molecular weight excluding hydrogens is 655 g/mol. The van der Waals surface area contributed by atoms with Crippen molar-refractivity contribution in [3.05, 3.63) is 36.5 Å². The first-order chi connectivity index (χ1) is 24.0. The summed E-state index contributed by atoms with van der Waals surface area (Å²) in [7, 11) is -4.80. The molecule has 9 nitrogen and oxygen atoms in total. The van der Waals surface area contributed by atoms with E-state index >= 15 is 0 Å². The van der Waals surface area contributed by atoms with Crippen molar-refractivity contribution in [3.8, 4) is 0 Å². The molecule has 1 unspecified atom stereocenters. The molecule has 0 rings (SSSR count). The zero-order valence-corrected chi connectivity index (χ0v) is 32.7. The lowest BCUT2D eigenvalue weighted by atomic mass is 10.0. The Morgan fingerprint density at radius 3 is 1.86 bits per heavy atom. The first-order valence-electron chi connectivity index (χ1n) is 19.7. The van der Waals surface area contributed by atoms with Crippen LogP contribution in [-0.4, -0.2) is 52.3 Å². The molecule has 0 aliphatic heterocycles. The number of carbonyl (C=O) groups is 2. The molecule has 0 fully saturated rings. The molecule has 0 aromatic rings. The molecule has 0 bridgehead atoms. The summed E-state index contributed by atoms with van der Waals surface area (Å²) in [5, 5.41) is 10.2. The van der Waals surface area contributed by atoms with Gasteiger partial charge in [-0.15, -0.1) is 0 Å². The van der Waals surface area contributed by atoms with E-state index in [0.29, 0.717) is 19.3 Å². The van der Waals surface area contributed by atoms with Crippen LogP contribution in [0.25, 0.3) is 0 Å². The molecule has 0 heterocycles. The minimum Gasteiger partial charge on any atom is -0.462 e. The fourth-order valence-electron chi connectivity index (χ4n) is 5.45. The molecular formula is C40H73O9P. The van der Waals surface area contributed by atoms with Crippen LogP contribution < -0.4 is 0 Å². The fraction of sp³-hybridized carbons (Fsp3) is 0.800. The van der Waals surface area contributed by atoms with Gasteiger partial charge in [0.25, 0.3) is 0 Å². The maximum absolute atomic E-state index is 12.4. The van der Waals surface area contributed by atoms with Crippen molar-refractivity contribution in [1.29, 1.82) is 0 Å². The molecule has 0 saturated carbocycles. The summed E-state index contributed by atoms with van der Waals surface area (Å²) in [6.07, 6.45) is 34.8. The van der Waals surface area contributed by atoms with Crippen molar-refractivity contribution in [3.63, 3.8) is 0 Å². The monoisotopic (exact) mass is 728 g/mol. The van der Waals surface area contributed by atoms with Crippen molar-refractivity contribution in [2.24, 2.45) is 5.92 Å². The van der Waals surface area contributed by atoms with Crippen LogP contribution >= 0.6 is 7.82 Å². The number of aliphatic hydroxyl groups excluding tert-OH is 1. The van der Waals surface area contributed by atoms with Crippen LogP contribution in [0.2, 0.25) is 0 Å². The van der Waals surface area contributed by atoms with Gasteiger partial charge in [-0.05, 0) is 44.4 Å². The van der Waals surface area contributed by atoms with Gasteiger partial charge in [-0.2, -0.15) is 0 Å². The molecule has 3 N–H and O–H groups in total. The normalized spacial score (nSPS) is 13.6. The molecule has 50 heavy (non-hydrogen) atoms. The minimum absolute atomic E-state index is 0.0111. The van der Waals surface area contributed by atoms with E-state index in [2.05, 4.69) is 37.4 Å². The molecule has 0 aromatic carbocycles. The van der Waals surface area contributed by atoms with Crippen molar-refractivity contribution in [2.75, 3.05) is 13.2 Å². The van der Waals surface area contributed by atoms with Crippen LogP contribution in [0.4, 0.5) is 0 Å². The Labute approximate surface area is 304 Å². The summed E-state index contributed by atoms with van der Waals surface area (Å²) in [6, 6.07) is 0. The van der Waals surface area contributed by atoms with Gasteiger partial charge in [0.15, 0.2) is 6.10 Å². The average molecular weight is 729 g/mol. The number of ether oxygens (including phenoxy) is 2. The lowest BCUT2D eigenvalue weighted by Gasteiger charge is -2.18. The van der Waals surface area contributed by atoms with Crippen molar-refractivity contribution >= 4 is 19.8 Å². The summed E-state index contributed by atoms with van der Waals surface area (Å²) >= 11 is 0. The van der Waals surface area contributed by atoms with E-state index in [4.69, 9.17) is 19.3 Å². The molecule has 0 aromatic heterocycles. The highest BCUT2D eigenvalue weighted by molar-refractivity contribution is 7.46. The van der Waals surface area contributed by atoms with Crippen LogP contribution in [0.3, 0.4) is 0 Å². The van der Waals surface area contributed by atoms with Gasteiger partial charge in [-0.1, -0.05) is 160 Å². The smallest absolute Gasteiger partial charge is 0.462 e. The van der Waals surface area contributed by atoms with Crippen molar-refractivity contribution in [1.82, 2.24) is 0 Å². The number of hydrogen-bond donors (Lipinski definition) is 3. The number of unbranched alkanes of at least 4 members (excludes halogenated alkanes) is 16. The van der Waals surface area contributed by atoms with Crippen molar-refractivity contribution in [2.45, 2.75) is 187 Å². The number of phosphoric ester groups is 1. The summed E-state index contributed by atoms with van der Waals surface area (Å²) < 4.78 is 26.2.